The zero-order valence-electron chi connectivity index (χ0n) is 13.1. The number of para-hydroxylation sites is 2. The van der Waals surface area contributed by atoms with E-state index in [1.165, 1.54) is 0 Å². The number of hydrogen-bond acceptors (Lipinski definition) is 3. The van der Waals surface area contributed by atoms with Crippen molar-refractivity contribution in [1.82, 2.24) is 0 Å². The van der Waals surface area contributed by atoms with Gasteiger partial charge in [-0.05, 0) is 12.1 Å². The molecule has 1 saturated carbocycles. The maximum atomic E-state index is 13.9. The molecule has 4 rings (SSSR count). The molecular weight excluding hydrogens is 444 g/mol. The number of rotatable bonds is 0. The van der Waals surface area contributed by atoms with E-state index in [1.54, 1.807) is 0 Å². The second-order valence-corrected chi connectivity index (χ2v) is 6.47. The molecule has 1 aromatic rings. The minimum Gasteiger partial charge on any atom is -0.465 e. The summed E-state index contributed by atoms with van der Waals surface area (Å²) in [5.74, 6) is -2.53. The Morgan fingerprint density at radius 3 is 1.00 bits per heavy atom. The predicted molar refractivity (Wildman–Crippen MR) is 63.9 cm³/mol. The van der Waals surface area contributed by atoms with Crippen LogP contribution in [0.1, 0.15) is 0 Å². The first kappa shape index (κ1) is 20.2. The van der Waals surface area contributed by atoms with E-state index in [0.29, 0.717) is 12.1 Å². The molecule has 1 saturated heterocycles. The first-order valence-corrected chi connectivity index (χ1v) is 7.32. The second-order valence-electron chi connectivity index (χ2n) is 6.47. The summed E-state index contributed by atoms with van der Waals surface area (Å²) < 4.78 is 176. The Balaban J connectivity index is 2.16. The summed E-state index contributed by atoms with van der Waals surface area (Å²) >= 11 is 0. The molecule has 0 spiro atoms. The molecular formula is C14H4F12O3. The largest absolute Gasteiger partial charge is 0.465 e. The van der Waals surface area contributed by atoms with Gasteiger partial charge < -0.3 is 14.2 Å². The standard InChI is InChI=1S/C14H4F12O3/c15-11(16,17)7-8(12(18,19)20,28-6-4-2-1-3-5(6)27-7)10(14(24,25)26)9(7,29-10)13(21,22)23/h1-4H/t7-,8+,9+,10-. The van der Waals surface area contributed by atoms with Gasteiger partial charge in [-0.1, -0.05) is 12.1 Å². The summed E-state index contributed by atoms with van der Waals surface area (Å²) in [6, 6.07) is 2.78. The number of fused-ring (bicyclic) bond motifs is 5. The van der Waals surface area contributed by atoms with E-state index in [4.69, 9.17) is 0 Å². The van der Waals surface area contributed by atoms with Crippen molar-refractivity contribution in [3.05, 3.63) is 24.3 Å². The van der Waals surface area contributed by atoms with Crippen LogP contribution in [0.3, 0.4) is 0 Å². The molecule has 0 bridgehead atoms. The number of hydrogen-bond donors (Lipinski definition) is 0. The SMILES string of the molecule is FC(F)(F)[C@@]12Oc3ccccc3O[C@]1(C(F)(F)F)[C@@]1(C(F)(F)F)O[C@@]21C(F)(F)F. The molecule has 3 nitrogen and oxygen atoms in total. The average molecular weight is 448 g/mol. The fraction of sp³-hybridized carbons (Fsp3) is 0.571. The lowest BCUT2D eigenvalue weighted by molar-refractivity contribution is -0.470. The Morgan fingerprint density at radius 2 is 0.759 bits per heavy atom. The monoisotopic (exact) mass is 448 g/mol. The number of ether oxygens (including phenoxy) is 3. The van der Waals surface area contributed by atoms with E-state index in [2.05, 4.69) is 14.2 Å². The van der Waals surface area contributed by atoms with Crippen LogP contribution in [0.2, 0.25) is 0 Å². The molecule has 0 unspecified atom stereocenters. The lowest BCUT2D eigenvalue weighted by Crippen LogP contribution is -2.99. The zero-order valence-corrected chi connectivity index (χ0v) is 13.1. The van der Waals surface area contributed by atoms with Gasteiger partial charge in [-0.2, -0.15) is 52.7 Å². The van der Waals surface area contributed by atoms with Crippen molar-refractivity contribution >= 4 is 0 Å². The molecule has 0 aromatic heterocycles. The molecule has 2 aliphatic heterocycles. The van der Waals surface area contributed by atoms with Gasteiger partial charge in [-0.3, -0.25) is 0 Å². The van der Waals surface area contributed by atoms with E-state index < -0.39 is 58.6 Å². The Kier molecular flexibility index (Phi) is 3.24. The van der Waals surface area contributed by atoms with Gasteiger partial charge in [0.05, 0.1) is 0 Å². The lowest BCUT2D eigenvalue weighted by atomic mass is 9.47. The first-order chi connectivity index (χ1) is 12.9. The molecule has 15 heteroatoms. The molecule has 29 heavy (non-hydrogen) atoms. The maximum Gasteiger partial charge on any atom is 0.436 e. The van der Waals surface area contributed by atoms with Crippen molar-refractivity contribution in [3.8, 4) is 11.5 Å². The number of epoxide rings is 1. The van der Waals surface area contributed by atoms with Crippen LogP contribution >= 0.6 is 0 Å². The summed E-state index contributed by atoms with van der Waals surface area (Å²) in [6.07, 6.45) is -26.4. The van der Waals surface area contributed by atoms with Gasteiger partial charge in [0.1, 0.15) is 0 Å². The summed E-state index contributed by atoms with van der Waals surface area (Å²) in [7, 11) is 0. The van der Waals surface area contributed by atoms with Crippen LogP contribution in [0.25, 0.3) is 0 Å². The number of benzene rings is 1. The highest BCUT2D eigenvalue weighted by Gasteiger charge is 3.25. The van der Waals surface area contributed by atoms with Crippen LogP contribution in [0.5, 0.6) is 11.5 Å². The lowest BCUT2D eigenvalue weighted by Gasteiger charge is -2.63. The van der Waals surface area contributed by atoms with Crippen LogP contribution < -0.4 is 9.47 Å². The summed E-state index contributed by atoms with van der Waals surface area (Å²) in [5.41, 5.74) is -22.1. The van der Waals surface area contributed by atoms with Crippen molar-refractivity contribution in [2.45, 2.75) is 47.1 Å². The third-order valence-electron chi connectivity index (χ3n) is 5.22. The molecule has 162 valence electrons. The Hall–Kier alpha value is -2.06. The molecule has 1 aliphatic carbocycles. The smallest absolute Gasteiger partial charge is 0.436 e. The van der Waals surface area contributed by atoms with Crippen LogP contribution in [0.4, 0.5) is 52.7 Å². The first-order valence-electron chi connectivity index (χ1n) is 7.32. The van der Waals surface area contributed by atoms with Crippen molar-refractivity contribution in [2.24, 2.45) is 0 Å². The van der Waals surface area contributed by atoms with Crippen molar-refractivity contribution < 1.29 is 66.9 Å². The minimum absolute atomic E-state index is 0.517. The van der Waals surface area contributed by atoms with Gasteiger partial charge >= 0.3 is 24.7 Å². The van der Waals surface area contributed by atoms with Gasteiger partial charge in [-0.25, -0.2) is 0 Å². The van der Waals surface area contributed by atoms with Crippen LogP contribution in [0.15, 0.2) is 24.3 Å². The van der Waals surface area contributed by atoms with E-state index in [-0.39, 0.29) is 0 Å². The molecule has 1 aromatic carbocycles. The predicted octanol–water partition coefficient (Wildman–Crippen LogP) is 4.71. The normalized spacial score (nSPS) is 38.6. The van der Waals surface area contributed by atoms with Crippen molar-refractivity contribution in [1.29, 1.82) is 0 Å². The van der Waals surface area contributed by atoms with Crippen molar-refractivity contribution in [2.75, 3.05) is 0 Å². The van der Waals surface area contributed by atoms with Gasteiger partial charge in [-0.15, -0.1) is 0 Å². The van der Waals surface area contributed by atoms with Gasteiger partial charge in [0.15, 0.2) is 11.5 Å². The topological polar surface area (TPSA) is 31.0 Å². The van der Waals surface area contributed by atoms with E-state index in [1.807, 2.05) is 0 Å². The fourth-order valence-electron chi connectivity index (χ4n) is 4.34. The highest BCUT2D eigenvalue weighted by atomic mass is 19.4. The van der Waals surface area contributed by atoms with E-state index in [0.717, 1.165) is 12.1 Å². The Labute approximate surface area is 151 Å². The number of alkyl halides is 12. The highest BCUT2D eigenvalue weighted by molar-refractivity contribution is 5.61. The third kappa shape index (κ3) is 1.65. The quantitative estimate of drug-likeness (QED) is 0.426. The molecule has 4 atom stereocenters. The second kappa shape index (κ2) is 4.64. The van der Waals surface area contributed by atoms with Crippen LogP contribution in [-0.2, 0) is 4.74 Å². The van der Waals surface area contributed by atoms with Crippen molar-refractivity contribution in [3.63, 3.8) is 0 Å². The average Bonchev–Trinajstić information content (AvgIpc) is 3.17. The van der Waals surface area contributed by atoms with E-state index in [9.17, 15) is 52.7 Å². The van der Waals surface area contributed by atoms with Crippen LogP contribution in [-0.4, -0.2) is 47.1 Å². The highest BCUT2D eigenvalue weighted by Crippen LogP contribution is 2.89. The number of halogens is 12. The molecule has 0 radical (unpaired) electrons. The maximum absolute atomic E-state index is 13.9. The van der Waals surface area contributed by atoms with Gasteiger partial charge in [0.25, 0.3) is 22.4 Å². The van der Waals surface area contributed by atoms with Gasteiger partial charge in [0, 0.05) is 0 Å². The Bertz CT molecular complexity index is 815. The minimum atomic E-state index is -6.66. The molecule has 0 N–H and O–H groups in total. The Morgan fingerprint density at radius 1 is 0.483 bits per heavy atom. The van der Waals surface area contributed by atoms with Gasteiger partial charge in [0.2, 0.25) is 0 Å². The van der Waals surface area contributed by atoms with E-state index >= 15 is 0 Å². The molecule has 2 heterocycles. The summed E-state index contributed by atoms with van der Waals surface area (Å²) in [5, 5.41) is 0. The molecule has 3 aliphatic rings. The molecule has 2 fully saturated rings. The fourth-order valence-corrected chi connectivity index (χ4v) is 4.34. The summed E-state index contributed by atoms with van der Waals surface area (Å²) in [6.45, 7) is 0. The van der Waals surface area contributed by atoms with Crippen LogP contribution in [0, 0.1) is 0 Å². The summed E-state index contributed by atoms with van der Waals surface area (Å²) in [4.78, 5) is 0. The molecule has 0 amide bonds. The third-order valence-corrected chi connectivity index (χ3v) is 5.22. The zero-order chi connectivity index (χ0) is 22.1.